The Balaban J connectivity index is 1.65. The zero-order valence-corrected chi connectivity index (χ0v) is 12.3. The van der Waals surface area contributed by atoms with Gasteiger partial charge in [-0.1, -0.05) is 12.5 Å². The lowest BCUT2D eigenvalue weighted by Crippen LogP contribution is -2.23. The highest BCUT2D eigenvalue weighted by molar-refractivity contribution is 7.98. The van der Waals surface area contributed by atoms with E-state index in [1.54, 1.807) is 0 Å². The first-order valence-electron chi connectivity index (χ1n) is 6.67. The molecular formula is C14H23NS2. The van der Waals surface area contributed by atoms with Gasteiger partial charge in [0, 0.05) is 10.9 Å². The van der Waals surface area contributed by atoms with E-state index in [9.17, 15) is 0 Å². The van der Waals surface area contributed by atoms with Crippen LogP contribution in [-0.4, -0.2) is 18.6 Å². The third-order valence-corrected chi connectivity index (χ3v) is 4.98. The van der Waals surface area contributed by atoms with E-state index in [2.05, 4.69) is 29.1 Å². The minimum Gasteiger partial charge on any atom is -0.309 e. The predicted molar refractivity (Wildman–Crippen MR) is 80.0 cm³/mol. The van der Waals surface area contributed by atoms with Crippen LogP contribution in [0.4, 0.5) is 0 Å². The Morgan fingerprint density at radius 3 is 2.94 bits per heavy atom. The lowest BCUT2D eigenvalue weighted by molar-refractivity contribution is 0.475. The van der Waals surface area contributed by atoms with Gasteiger partial charge in [0.25, 0.3) is 0 Å². The maximum atomic E-state index is 3.76. The van der Waals surface area contributed by atoms with E-state index >= 15 is 0 Å². The predicted octanol–water partition coefficient (Wildman–Crippen LogP) is 4.32. The van der Waals surface area contributed by atoms with Gasteiger partial charge in [-0.3, -0.25) is 0 Å². The zero-order chi connectivity index (χ0) is 11.9. The summed E-state index contributed by atoms with van der Waals surface area (Å²) in [5.41, 5.74) is 0. The molecule has 1 aromatic rings. The second kappa shape index (κ2) is 7.45. The van der Waals surface area contributed by atoms with Crippen LogP contribution in [0.25, 0.3) is 0 Å². The summed E-state index contributed by atoms with van der Waals surface area (Å²) in [6.07, 6.45) is 9.10. The third-order valence-electron chi connectivity index (χ3n) is 3.33. The summed E-state index contributed by atoms with van der Waals surface area (Å²) in [6, 6.07) is 5.11. The van der Waals surface area contributed by atoms with Crippen molar-refractivity contribution in [2.75, 3.05) is 18.6 Å². The molecule has 1 heterocycles. The van der Waals surface area contributed by atoms with E-state index in [0.717, 1.165) is 5.92 Å². The fourth-order valence-electron chi connectivity index (χ4n) is 2.20. The molecule has 0 bridgehead atoms. The van der Waals surface area contributed by atoms with Crippen molar-refractivity contribution in [1.29, 1.82) is 0 Å². The fraction of sp³-hybridized carbons (Fsp3) is 0.714. The lowest BCUT2D eigenvalue weighted by Gasteiger charge is -2.16. The molecule has 0 saturated heterocycles. The maximum Gasteiger partial charge on any atom is 0.0443 e. The Morgan fingerprint density at radius 2 is 2.29 bits per heavy atom. The number of thiophene rings is 1. The number of hydrogen-bond donors (Lipinski definition) is 1. The smallest absolute Gasteiger partial charge is 0.0443 e. The van der Waals surface area contributed by atoms with E-state index in [4.69, 9.17) is 0 Å². The first kappa shape index (κ1) is 13.4. The number of nitrogens with one attached hydrogen (secondary N) is 1. The molecule has 2 rings (SSSR count). The molecule has 96 valence electrons. The normalized spacial score (nSPS) is 17.2. The highest BCUT2D eigenvalue weighted by Crippen LogP contribution is 2.42. The topological polar surface area (TPSA) is 12.0 Å². The Morgan fingerprint density at radius 1 is 1.41 bits per heavy atom. The third kappa shape index (κ3) is 4.65. The molecule has 1 N–H and O–H groups in total. The van der Waals surface area contributed by atoms with E-state index in [1.165, 1.54) is 49.3 Å². The minimum atomic E-state index is 0.649. The first-order chi connectivity index (χ1) is 8.42. The van der Waals surface area contributed by atoms with Crippen LogP contribution in [0.15, 0.2) is 17.5 Å². The Kier molecular flexibility index (Phi) is 5.89. The van der Waals surface area contributed by atoms with Crippen molar-refractivity contribution in [1.82, 2.24) is 5.32 Å². The number of rotatable bonds is 9. The van der Waals surface area contributed by atoms with E-state index < -0.39 is 0 Å². The van der Waals surface area contributed by atoms with Crippen molar-refractivity contribution in [2.24, 2.45) is 5.92 Å². The Bertz CT molecular complexity index is 293. The molecule has 1 atom stereocenters. The van der Waals surface area contributed by atoms with Crippen molar-refractivity contribution < 1.29 is 0 Å². The van der Waals surface area contributed by atoms with Crippen LogP contribution in [0.5, 0.6) is 0 Å². The Labute approximate surface area is 113 Å². The molecule has 3 heteroatoms. The van der Waals surface area contributed by atoms with E-state index in [0.29, 0.717) is 6.04 Å². The summed E-state index contributed by atoms with van der Waals surface area (Å²) in [7, 11) is 0. The van der Waals surface area contributed by atoms with Gasteiger partial charge in [0.05, 0.1) is 0 Å². The molecule has 1 fully saturated rings. The Hall–Kier alpha value is 0.01000. The second-order valence-electron chi connectivity index (χ2n) is 4.84. The molecule has 1 nitrogen and oxygen atoms in total. The van der Waals surface area contributed by atoms with Crippen molar-refractivity contribution in [2.45, 2.75) is 38.1 Å². The van der Waals surface area contributed by atoms with E-state index in [1.807, 2.05) is 23.1 Å². The van der Waals surface area contributed by atoms with Crippen LogP contribution in [0.1, 0.15) is 43.0 Å². The van der Waals surface area contributed by atoms with Crippen LogP contribution >= 0.6 is 23.1 Å². The van der Waals surface area contributed by atoms with Gasteiger partial charge in [-0.2, -0.15) is 11.8 Å². The minimum absolute atomic E-state index is 0.649. The molecule has 17 heavy (non-hydrogen) atoms. The molecule has 0 amide bonds. The molecule has 1 aromatic heterocycles. The zero-order valence-electron chi connectivity index (χ0n) is 10.7. The van der Waals surface area contributed by atoms with Crippen molar-refractivity contribution in [3.63, 3.8) is 0 Å². The SMILES string of the molecule is CSCCCCCNC(c1cccs1)C1CC1. The number of unbranched alkanes of at least 4 members (excludes halogenated alkanes) is 2. The van der Waals surface area contributed by atoms with Crippen LogP contribution in [0.3, 0.4) is 0 Å². The molecular weight excluding hydrogens is 246 g/mol. The lowest BCUT2D eigenvalue weighted by atomic mass is 10.1. The molecule has 1 unspecified atom stereocenters. The fourth-order valence-corrected chi connectivity index (χ4v) is 3.59. The van der Waals surface area contributed by atoms with Crippen molar-refractivity contribution in [3.8, 4) is 0 Å². The monoisotopic (exact) mass is 269 g/mol. The summed E-state index contributed by atoms with van der Waals surface area (Å²) < 4.78 is 0. The summed E-state index contributed by atoms with van der Waals surface area (Å²) in [6.45, 7) is 1.19. The summed E-state index contributed by atoms with van der Waals surface area (Å²) in [5, 5.41) is 5.96. The standard InChI is InChI=1S/C14H23NS2/c1-16-10-4-2-3-9-15-14(12-7-8-12)13-6-5-11-17-13/h5-6,11-12,14-15H,2-4,7-10H2,1H3. The van der Waals surface area contributed by atoms with Gasteiger partial charge in [-0.25, -0.2) is 0 Å². The molecule has 1 aliphatic carbocycles. The van der Waals surface area contributed by atoms with Crippen LogP contribution < -0.4 is 5.32 Å². The van der Waals surface area contributed by atoms with Gasteiger partial charge in [-0.05, 0) is 61.6 Å². The van der Waals surface area contributed by atoms with Crippen molar-refractivity contribution >= 4 is 23.1 Å². The largest absolute Gasteiger partial charge is 0.309 e. The van der Waals surface area contributed by atoms with Gasteiger partial charge >= 0.3 is 0 Å². The molecule has 1 aliphatic rings. The van der Waals surface area contributed by atoms with Crippen molar-refractivity contribution in [3.05, 3.63) is 22.4 Å². The van der Waals surface area contributed by atoms with Gasteiger partial charge in [0.2, 0.25) is 0 Å². The summed E-state index contributed by atoms with van der Waals surface area (Å²) in [4.78, 5) is 1.54. The van der Waals surface area contributed by atoms with Crippen LogP contribution in [0, 0.1) is 5.92 Å². The van der Waals surface area contributed by atoms with Gasteiger partial charge < -0.3 is 5.32 Å². The number of hydrogen-bond acceptors (Lipinski definition) is 3. The van der Waals surface area contributed by atoms with Gasteiger partial charge in [-0.15, -0.1) is 11.3 Å². The first-order valence-corrected chi connectivity index (χ1v) is 8.95. The highest BCUT2D eigenvalue weighted by Gasteiger charge is 2.32. The molecule has 0 radical (unpaired) electrons. The second-order valence-corrected chi connectivity index (χ2v) is 6.80. The van der Waals surface area contributed by atoms with Crippen LogP contribution in [0.2, 0.25) is 0 Å². The molecule has 0 aromatic carbocycles. The average Bonchev–Trinajstić information content (AvgIpc) is 3.03. The highest BCUT2D eigenvalue weighted by atomic mass is 32.2. The maximum absolute atomic E-state index is 3.76. The quantitative estimate of drug-likeness (QED) is 0.670. The van der Waals surface area contributed by atoms with Gasteiger partial charge in [0.15, 0.2) is 0 Å². The van der Waals surface area contributed by atoms with Crippen LogP contribution in [-0.2, 0) is 0 Å². The number of thioether (sulfide) groups is 1. The molecule has 0 spiro atoms. The molecule has 1 saturated carbocycles. The summed E-state index contributed by atoms with van der Waals surface area (Å²) >= 11 is 3.87. The van der Waals surface area contributed by atoms with E-state index in [-0.39, 0.29) is 0 Å². The molecule has 0 aliphatic heterocycles. The summed E-state index contributed by atoms with van der Waals surface area (Å²) in [5.74, 6) is 2.23. The average molecular weight is 269 g/mol. The van der Waals surface area contributed by atoms with Gasteiger partial charge in [0.1, 0.15) is 0 Å².